The molecule has 31 heavy (non-hydrogen) atoms. The lowest BCUT2D eigenvalue weighted by Crippen LogP contribution is -2.42. The van der Waals surface area contributed by atoms with Gasteiger partial charge in [0.15, 0.2) is 5.11 Å². The minimum atomic E-state index is -0.679. The van der Waals surface area contributed by atoms with Crippen LogP contribution in [0.3, 0.4) is 0 Å². The fourth-order valence-electron chi connectivity index (χ4n) is 3.55. The normalized spacial score (nSPS) is 16.1. The van der Waals surface area contributed by atoms with Crippen LogP contribution >= 0.6 is 12.2 Å². The van der Waals surface area contributed by atoms with Crippen LogP contribution in [0.1, 0.15) is 27.2 Å². The molecule has 0 aromatic heterocycles. The number of amides is 2. The van der Waals surface area contributed by atoms with Crippen LogP contribution in [0, 0.1) is 0 Å². The third-order valence-corrected chi connectivity index (χ3v) is 5.34. The molecule has 2 amide bonds. The van der Waals surface area contributed by atoms with Crippen LogP contribution in [0.15, 0.2) is 48.5 Å². The number of thiocarbonyl (C=S) groups is 1. The number of nitrogens with zero attached hydrogens (tertiary/aromatic N) is 2. The number of rotatable bonds is 8. The maximum atomic E-state index is 13.3. The average Bonchev–Trinajstić information content (AvgIpc) is 2.99. The highest BCUT2D eigenvalue weighted by Gasteiger charge is 2.45. The van der Waals surface area contributed by atoms with Gasteiger partial charge in [-0.2, -0.15) is 0 Å². The molecule has 1 saturated heterocycles. The van der Waals surface area contributed by atoms with Crippen molar-refractivity contribution in [3.63, 3.8) is 0 Å². The van der Waals surface area contributed by atoms with E-state index in [-0.39, 0.29) is 24.3 Å². The smallest absolute Gasteiger partial charge is 0.256 e. The molecular weight excluding hydrogens is 414 g/mol. The number of methoxy groups -OCH3 is 1. The summed E-state index contributed by atoms with van der Waals surface area (Å²) in [6.07, 6.45) is -0.00909. The molecule has 0 bridgehead atoms. The molecular formula is C23H27N3O4S. The summed E-state index contributed by atoms with van der Waals surface area (Å²) in [6, 6.07) is 13.6. The van der Waals surface area contributed by atoms with E-state index in [4.69, 9.17) is 21.7 Å². The predicted molar refractivity (Wildman–Crippen MR) is 125 cm³/mol. The van der Waals surface area contributed by atoms with E-state index >= 15 is 0 Å². The molecule has 0 unspecified atom stereocenters. The molecule has 1 N–H and O–H groups in total. The Morgan fingerprint density at radius 2 is 1.87 bits per heavy atom. The molecule has 2 aromatic carbocycles. The highest BCUT2D eigenvalue weighted by Crippen LogP contribution is 2.31. The lowest BCUT2D eigenvalue weighted by Gasteiger charge is -2.27. The summed E-state index contributed by atoms with van der Waals surface area (Å²) in [5.41, 5.74) is 1.26. The van der Waals surface area contributed by atoms with E-state index < -0.39 is 6.04 Å². The predicted octanol–water partition coefficient (Wildman–Crippen LogP) is 3.83. The molecule has 8 heteroatoms. The van der Waals surface area contributed by atoms with E-state index in [1.54, 1.807) is 55.6 Å². The zero-order valence-electron chi connectivity index (χ0n) is 18.1. The van der Waals surface area contributed by atoms with Crippen molar-refractivity contribution in [3.8, 4) is 11.5 Å². The van der Waals surface area contributed by atoms with Crippen molar-refractivity contribution in [2.24, 2.45) is 0 Å². The van der Waals surface area contributed by atoms with Crippen molar-refractivity contribution in [1.29, 1.82) is 0 Å². The molecule has 0 aliphatic carbocycles. The van der Waals surface area contributed by atoms with Crippen LogP contribution in [-0.4, -0.2) is 47.6 Å². The number of anilines is 2. The van der Waals surface area contributed by atoms with E-state index in [2.05, 4.69) is 5.32 Å². The first-order chi connectivity index (χ1) is 14.8. The minimum Gasteiger partial charge on any atom is -0.497 e. The van der Waals surface area contributed by atoms with Crippen molar-refractivity contribution in [1.82, 2.24) is 4.90 Å². The van der Waals surface area contributed by atoms with E-state index in [0.717, 1.165) is 5.75 Å². The number of benzene rings is 2. The molecule has 1 heterocycles. The molecule has 1 fully saturated rings. The third-order valence-electron chi connectivity index (χ3n) is 4.95. The van der Waals surface area contributed by atoms with Crippen molar-refractivity contribution in [2.75, 3.05) is 23.9 Å². The molecule has 1 aliphatic heterocycles. The topological polar surface area (TPSA) is 71.1 Å². The summed E-state index contributed by atoms with van der Waals surface area (Å²) in [5, 5.41) is 3.23. The second-order valence-electron chi connectivity index (χ2n) is 7.38. The first-order valence-electron chi connectivity index (χ1n) is 10.2. The van der Waals surface area contributed by atoms with Crippen LogP contribution in [0.2, 0.25) is 0 Å². The summed E-state index contributed by atoms with van der Waals surface area (Å²) < 4.78 is 10.7. The van der Waals surface area contributed by atoms with Gasteiger partial charge in [0, 0.05) is 17.8 Å². The van der Waals surface area contributed by atoms with Crippen LogP contribution in [0.5, 0.6) is 11.5 Å². The Labute approximate surface area is 187 Å². The molecule has 0 spiro atoms. The SMILES string of the molecule is CCOc1ccc(NC(=O)C[C@H]2C(=O)N(c3cccc(OC)c3)C(=S)N2C(C)C)cc1. The molecule has 0 saturated carbocycles. The Morgan fingerprint density at radius 1 is 1.16 bits per heavy atom. The molecule has 7 nitrogen and oxygen atoms in total. The summed E-state index contributed by atoms with van der Waals surface area (Å²) >= 11 is 5.62. The number of ether oxygens (including phenoxy) is 2. The molecule has 164 valence electrons. The number of carbonyl (C=O) groups excluding carboxylic acids is 2. The van der Waals surface area contributed by atoms with Gasteiger partial charge in [0.05, 0.1) is 25.8 Å². The summed E-state index contributed by atoms with van der Waals surface area (Å²) in [4.78, 5) is 29.3. The number of nitrogens with one attached hydrogen (secondary N) is 1. The van der Waals surface area contributed by atoms with Gasteiger partial charge in [-0.05, 0) is 69.4 Å². The van der Waals surface area contributed by atoms with Gasteiger partial charge < -0.3 is 19.7 Å². The summed E-state index contributed by atoms with van der Waals surface area (Å²) in [5.74, 6) is 0.870. The Kier molecular flexibility index (Phi) is 7.12. The second-order valence-corrected chi connectivity index (χ2v) is 7.75. The van der Waals surface area contributed by atoms with Crippen molar-refractivity contribution < 1.29 is 19.1 Å². The van der Waals surface area contributed by atoms with Gasteiger partial charge in [-0.25, -0.2) is 0 Å². The van der Waals surface area contributed by atoms with Gasteiger partial charge in [-0.1, -0.05) is 6.07 Å². The summed E-state index contributed by atoms with van der Waals surface area (Å²) in [7, 11) is 1.57. The van der Waals surface area contributed by atoms with Crippen LogP contribution in [-0.2, 0) is 9.59 Å². The van der Waals surface area contributed by atoms with E-state index in [1.165, 1.54) is 4.90 Å². The number of carbonyl (C=O) groups is 2. The zero-order chi connectivity index (χ0) is 22.5. The van der Waals surface area contributed by atoms with Crippen molar-refractivity contribution in [2.45, 2.75) is 39.3 Å². The Bertz CT molecular complexity index is 962. The maximum absolute atomic E-state index is 13.3. The quantitative estimate of drug-likeness (QED) is 0.628. The average molecular weight is 442 g/mol. The first kappa shape index (κ1) is 22.6. The van der Waals surface area contributed by atoms with Gasteiger partial charge in [-0.3, -0.25) is 14.5 Å². The van der Waals surface area contributed by atoms with Crippen LogP contribution in [0.4, 0.5) is 11.4 Å². The first-order valence-corrected chi connectivity index (χ1v) is 10.6. The fourth-order valence-corrected chi connectivity index (χ4v) is 4.09. The molecule has 1 atom stereocenters. The minimum absolute atomic E-state index is 0.00909. The Morgan fingerprint density at radius 3 is 2.48 bits per heavy atom. The Balaban J connectivity index is 1.77. The van der Waals surface area contributed by atoms with Gasteiger partial charge in [0.25, 0.3) is 5.91 Å². The number of hydrogen-bond acceptors (Lipinski definition) is 5. The lowest BCUT2D eigenvalue weighted by molar-refractivity contribution is -0.124. The van der Waals surface area contributed by atoms with E-state index in [1.807, 2.05) is 25.7 Å². The van der Waals surface area contributed by atoms with E-state index in [0.29, 0.717) is 28.8 Å². The summed E-state index contributed by atoms with van der Waals surface area (Å²) in [6.45, 7) is 6.39. The third kappa shape index (κ3) is 4.96. The highest BCUT2D eigenvalue weighted by molar-refractivity contribution is 7.80. The van der Waals surface area contributed by atoms with Crippen LogP contribution < -0.4 is 19.7 Å². The maximum Gasteiger partial charge on any atom is 0.256 e. The van der Waals surface area contributed by atoms with Gasteiger partial charge >= 0.3 is 0 Å². The molecule has 2 aromatic rings. The van der Waals surface area contributed by atoms with E-state index in [9.17, 15) is 9.59 Å². The van der Waals surface area contributed by atoms with Gasteiger partial charge in [0.1, 0.15) is 17.5 Å². The molecule has 0 radical (unpaired) electrons. The molecule has 3 rings (SSSR count). The van der Waals surface area contributed by atoms with Crippen molar-refractivity contribution >= 4 is 40.5 Å². The standard InChI is InChI=1S/C23H27N3O4S/c1-5-30-18-11-9-16(10-12-18)24-21(27)14-20-22(28)26(23(31)25(20)15(2)3)17-7-6-8-19(13-17)29-4/h6-13,15,20H,5,14H2,1-4H3,(H,24,27)/t20-/m0/s1. The number of hydrogen-bond donors (Lipinski definition) is 1. The largest absolute Gasteiger partial charge is 0.497 e. The van der Waals surface area contributed by atoms with Crippen molar-refractivity contribution in [3.05, 3.63) is 48.5 Å². The second kappa shape index (κ2) is 9.78. The fraction of sp³-hybridized carbons (Fsp3) is 0.348. The van der Waals surface area contributed by atoms with Crippen LogP contribution in [0.25, 0.3) is 0 Å². The zero-order valence-corrected chi connectivity index (χ0v) is 18.9. The molecule has 1 aliphatic rings. The Hall–Kier alpha value is -3.13. The van der Waals surface area contributed by atoms with Gasteiger partial charge in [0.2, 0.25) is 5.91 Å². The highest BCUT2D eigenvalue weighted by atomic mass is 32.1. The van der Waals surface area contributed by atoms with Gasteiger partial charge in [-0.15, -0.1) is 0 Å². The monoisotopic (exact) mass is 441 g/mol. The lowest BCUT2D eigenvalue weighted by atomic mass is 10.1.